The van der Waals surface area contributed by atoms with Crippen LogP contribution in [-0.2, 0) is 5.88 Å². The Morgan fingerprint density at radius 2 is 2.00 bits per heavy atom. The van der Waals surface area contributed by atoms with Crippen LogP contribution in [0, 0.1) is 13.8 Å². The lowest BCUT2D eigenvalue weighted by atomic mass is 10.1. The summed E-state index contributed by atoms with van der Waals surface area (Å²) in [6.07, 6.45) is -0.0676. The van der Waals surface area contributed by atoms with Crippen molar-refractivity contribution in [3.63, 3.8) is 0 Å². The summed E-state index contributed by atoms with van der Waals surface area (Å²) in [6, 6.07) is 4.06. The van der Waals surface area contributed by atoms with E-state index in [1.807, 2.05) is 24.4 Å². The molecule has 19 heavy (non-hydrogen) atoms. The quantitative estimate of drug-likeness (QED) is 0.681. The van der Waals surface area contributed by atoms with Crippen molar-refractivity contribution in [3.8, 4) is 5.75 Å². The standard InChI is InChI=1S/C14H15BrClNOS/c1-8-4-12(5-9(2)13(8)15)18-10(3)14-17-11(6-16)7-19-14/h4-5,7,10H,6H2,1-3H3. The van der Waals surface area contributed by atoms with Gasteiger partial charge in [0.2, 0.25) is 0 Å². The van der Waals surface area contributed by atoms with Gasteiger partial charge in [-0.15, -0.1) is 22.9 Å². The van der Waals surface area contributed by atoms with Crippen molar-refractivity contribution in [2.45, 2.75) is 32.8 Å². The first kappa shape index (κ1) is 14.8. The molecule has 0 bridgehead atoms. The number of alkyl halides is 1. The van der Waals surface area contributed by atoms with Crippen molar-refractivity contribution in [1.82, 2.24) is 4.98 Å². The Morgan fingerprint density at radius 1 is 1.37 bits per heavy atom. The molecule has 102 valence electrons. The zero-order valence-electron chi connectivity index (χ0n) is 11.0. The molecule has 1 unspecified atom stereocenters. The van der Waals surface area contributed by atoms with Gasteiger partial charge in [0, 0.05) is 9.85 Å². The van der Waals surface area contributed by atoms with E-state index < -0.39 is 0 Å². The van der Waals surface area contributed by atoms with Crippen LogP contribution in [0.15, 0.2) is 22.0 Å². The molecular formula is C14H15BrClNOS. The summed E-state index contributed by atoms with van der Waals surface area (Å²) in [4.78, 5) is 4.44. The molecule has 0 N–H and O–H groups in total. The van der Waals surface area contributed by atoms with E-state index >= 15 is 0 Å². The Bertz CT molecular complexity index is 562. The van der Waals surface area contributed by atoms with Gasteiger partial charge in [0.25, 0.3) is 0 Å². The summed E-state index contributed by atoms with van der Waals surface area (Å²) in [7, 11) is 0. The van der Waals surface area contributed by atoms with Crippen LogP contribution in [0.2, 0.25) is 0 Å². The zero-order valence-corrected chi connectivity index (χ0v) is 14.2. The van der Waals surface area contributed by atoms with E-state index in [0.29, 0.717) is 5.88 Å². The smallest absolute Gasteiger partial charge is 0.147 e. The van der Waals surface area contributed by atoms with Crippen LogP contribution in [0.1, 0.15) is 34.9 Å². The Morgan fingerprint density at radius 3 is 2.53 bits per heavy atom. The maximum Gasteiger partial charge on any atom is 0.147 e. The summed E-state index contributed by atoms with van der Waals surface area (Å²) in [5.41, 5.74) is 3.24. The van der Waals surface area contributed by atoms with Gasteiger partial charge in [-0.05, 0) is 44.0 Å². The maximum absolute atomic E-state index is 5.96. The number of aromatic nitrogens is 1. The number of benzene rings is 1. The Labute approximate surface area is 130 Å². The monoisotopic (exact) mass is 359 g/mol. The van der Waals surface area contributed by atoms with Crippen LogP contribution in [0.25, 0.3) is 0 Å². The van der Waals surface area contributed by atoms with E-state index in [2.05, 4.69) is 34.8 Å². The van der Waals surface area contributed by atoms with Crippen molar-refractivity contribution in [2.24, 2.45) is 0 Å². The molecule has 5 heteroatoms. The lowest BCUT2D eigenvalue weighted by Crippen LogP contribution is -2.03. The summed E-state index contributed by atoms with van der Waals surface area (Å²) >= 11 is 10.9. The van der Waals surface area contributed by atoms with Gasteiger partial charge >= 0.3 is 0 Å². The van der Waals surface area contributed by atoms with Crippen LogP contribution in [0.3, 0.4) is 0 Å². The van der Waals surface area contributed by atoms with Crippen LogP contribution < -0.4 is 4.74 Å². The SMILES string of the molecule is Cc1cc(OC(C)c2nc(CCl)cs2)cc(C)c1Br. The highest BCUT2D eigenvalue weighted by molar-refractivity contribution is 9.10. The predicted octanol–water partition coefficient (Wildman–Crippen LogP) is 5.40. The van der Waals surface area contributed by atoms with Crippen LogP contribution in [0.5, 0.6) is 5.75 Å². The topological polar surface area (TPSA) is 22.1 Å². The highest BCUT2D eigenvalue weighted by Gasteiger charge is 2.13. The Balaban J connectivity index is 2.16. The second-order valence-corrected chi connectivity index (χ2v) is 6.39. The summed E-state index contributed by atoms with van der Waals surface area (Å²) < 4.78 is 7.09. The molecule has 0 fully saturated rings. The zero-order chi connectivity index (χ0) is 14.0. The normalized spacial score (nSPS) is 12.5. The highest BCUT2D eigenvalue weighted by Crippen LogP contribution is 2.30. The maximum atomic E-state index is 5.96. The Hall–Kier alpha value is -0.580. The van der Waals surface area contributed by atoms with Gasteiger partial charge in [-0.1, -0.05) is 15.9 Å². The van der Waals surface area contributed by atoms with E-state index in [1.165, 1.54) is 11.1 Å². The molecule has 2 rings (SSSR count). The molecule has 0 aliphatic rings. The minimum atomic E-state index is -0.0676. The first-order chi connectivity index (χ1) is 9.01. The fourth-order valence-corrected chi connectivity index (χ4v) is 3.06. The van der Waals surface area contributed by atoms with Crippen LogP contribution in [-0.4, -0.2) is 4.98 Å². The average molecular weight is 361 g/mol. The number of halogens is 2. The second kappa shape index (κ2) is 6.25. The molecule has 0 aliphatic heterocycles. The molecule has 0 amide bonds. The number of hydrogen-bond donors (Lipinski definition) is 0. The van der Waals surface area contributed by atoms with Gasteiger partial charge in [-0.3, -0.25) is 0 Å². The largest absolute Gasteiger partial charge is 0.484 e. The van der Waals surface area contributed by atoms with Gasteiger partial charge < -0.3 is 4.74 Å². The fraction of sp³-hybridized carbons (Fsp3) is 0.357. The van der Waals surface area contributed by atoms with Crippen LogP contribution >= 0.6 is 38.9 Å². The summed E-state index contributed by atoms with van der Waals surface area (Å²) in [5, 5.41) is 2.93. The molecule has 0 aliphatic carbocycles. The third-order valence-electron chi connectivity index (χ3n) is 2.78. The van der Waals surface area contributed by atoms with Gasteiger partial charge in [-0.25, -0.2) is 4.98 Å². The van der Waals surface area contributed by atoms with Crippen LogP contribution in [0.4, 0.5) is 0 Å². The molecule has 2 aromatic rings. The van der Waals surface area contributed by atoms with Crippen molar-refractivity contribution >= 4 is 38.9 Å². The molecule has 1 aromatic heterocycles. The van der Waals surface area contributed by atoms with Crippen molar-refractivity contribution in [1.29, 1.82) is 0 Å². The molecule has 2 nitrogen and oxygen atoms in total. The Kier molecular flexibility index (Phi) is 4.87. The van der Waals surface area contributed by atoms with E-state index in [-0.39, 0.29) is 6.10 Å². The molecule has 0 radical (unpaired) electrons. The third kappa shape index (κ3) is 3.50. The number of ether oxygens (including phenoxy) is 1. The first-order valence-electron chi connectivity index (χ1n) is 5.95. The van der Waals surface area contributed by atoms with E-state index in [1.54, 1.807) is 11.3 Å². The second-order valence-electron chi connectivity index (χ2n) is 4.44. The van der Waals surface area contributed by atoms with Gasteiger partial charge in [-0.2, -0.15) is 0 Å². The number of hydrogen-bond acceptors (Lipinski definition) is 3. The lowest BCUT2D eigenvalue weighted by molar-refractivity contribution is 0.226. The minimum Gasteiger partial charge on any atom is -0.484 e. The van der Waals surface area contributed by atoms with Gasteiger partial charge in [0.1, 0.15) is 16.9 Å². The van der Waals surface area contributed by atoms with Gasteiger partial charge in [0.15, 0.2) is 0 Å². The van der Waals surface area contributed by atoms with E-state index in [9.17, 15) is 0 Å². The van der Waals surface area contributed by atoms with Gasteiger partial charge in [0.05, 0.1) is 11.6 Å². The van der Waals surface area contributed by atoms with Crippen molar-refractivity contribution in [2.75, 3.05) is 0 Å². The molecule has 0 saturated heterocycles. The molecule has 1 heterocycles. The molecule has 0 spiro atoms. The third-order valence-corrected chi connectivity index (χ3v) is 5.36. The lowest BCUT2D eigenvalue weighted by Gasteiger charge is -2.14. The number of rotatable bonds is 4. The van der Waals surface area contributed by atoms with E-state index in [0.717, 1.165) is 20.9 Å². The number of nitrogens with zero attached hydrogens (tertiary/aromatic N) is 1. The minimum absolute atomic E-state index is 0.0676. The molecule has 1 atom stereocenters. The molecule has 1 aromatic carbocycles. The summed E-state index contributed by atoms with van der Waals surface area (Å²) in [6.45, 7) is 6.12. The van der Waals surface area contributed by atoms with E-state index in [4.69, 9.17) is 16.3 Å². The number of aryl methyl sites for hydroxylation is 2. The molecule has 0 saturated carbocycles. The summed E-state index contributed by atoms with van der Waals surface area (Å²) in [5.74, 6) is 1.31. The average Bonchev–Trinajstić information content (AvgIpc) is 2.84. The van der Waals surface area contributed by atoms with Crippen molar-refractivity contribution < 1.29 is 4.74 Å². The first-order valence-corrected chi connectivity index (χ1v) is 8.15. The number of thiazole rings is 1. The highest BCUT2D eigenvalue weighted by atomic mass is 79.9. The predicted molar refractivity (Wildman–Crippen MR) is 84.3 cm³/mol. The molecular weight excluding hydrogens is 346 g/mol. The fourth-order valence-electron chi connectivity index (χ4n) is 1.80. The van der Waals surface area contributed by atoms with Crippen molar-refractivity contribution in [3.05, 3.63) is 43.8 Å².